The second-order valence-electron chi connectivity index (χ2n) is 4.65. The Bertz CT molecular complexity index is 373. The van der Waals surface area contributed by atoms with E-state index in [-0.39, 0.29) is 0 Å². The van der Waals surface area contributed by atoms with E-state index in [0.717, 1.165) is 35.8 Å². The minimum atomic E-state index is -0.721. The Morgan fingerprint density at radius 1 is 1.47 bits per heavy atom. The fourth-order valence-electron chi connectivity index (χ4n) is 2.55. The Hall–Kier alpha value is -0.390. The first-order valence-corrected chi connectivity index (χ1v) is 6.90. The standard InChI is InChI=1S/C12H19BrN2O2/c1-17-8-7-15-11(10(13)9-14-15)12(16)5-3-2-4-6-12/h9,16H,2-8H2,1H3. The summed E-state index contributed by atoms with van der Waals surface area (Å²) in [6.07, 6.45) is 6.79. The third-order valence-electron chi connectivity index (χ3n) is 3.42. The SMILES string of the molecule is COCCn1ncc(Br)c1C1(O)CCCCC1. The Morgan fingerprint density at radius 2 is 2.18 bits per heavy atom. The number of hydrogen-bond acceptors (Lipinski definition) is 3. The lowest BCUT2D eigenvalue weighted by molar-refractivity contribution is -0.0103. The molecule has 0 aromatic carbocycles. The van der Waals surface area contributed by atoms with Crippen LogP contribution in [0.3, 0.4) is 0 Å². The van der Waals surface area contributed by atoms with Crippen molar-refractivity contribution < 1.29 is 9.84 Å². The van der Waals surface area contributed by atoms with Gasteiger partial charge in [0.25, 0.3) is 0 Å². The van der Waals surface area contributed by atoms with Crippen LogP contribution in [0.25, 0.3) is 0 Å². The van der Waals surface area contributed by atoms with Gasteiger partial charge in [-0.15, -0.1) is 0 Å². The average molecular weight is 303 g/mol. The normalized spacial score (nSPS) is 19.5. The van der Waals surface area contributed by atoms with Gasteiger partial charge in [-0.3, -0.25) is 4.68 Å². The van der Waals surface area contributed by atoms with Crippen molar-refractivity contribution in [2.45, 2.75) is 44.2 Å². The van der Waals surface area contributed by atoms with Gasteiger partial charge in [0.15, 0.2) is 0 Å². The predicted octanol–water partition coefficient (Wildman–Crippen LogP) is 2.44. The molecule has 4 nitrogen and oxygen atoms in total. The van der Waals surface area contributed by atoms with E-state index in [9.17, 15) is 5.11 Å². The van der Waals surface area contributed by atoms with E-state index in [4.69, 9.17) is 4.74 Å². The molecule has 17 heavy (non-hydrogen) atoms. The lowest BCUT2D eigenvalue weighted by Gasteiger charge is -2.33. The van der Waals surface area contributed by atoms with Crippen molar-refractivity contribution in [2.75, 3.05) is 13.7 Å². The van der Waals surface area contributed by atoms with Crippen molar-refractivity contribution >= 4 is 15.9 Å². The minimum Gasteiger partial charge on any atom is -0.384 e. The maximum Gasteiger partial charge on any atom is 0.107 e. The zero-order valence-corrected chi connectivity index (χ0v) is 11.7. The number of nitrogens with zero attached hydrogens (tertiary/aromatic N) is 2. The highest BCUT2D eigenvalue weighted by Gasteiger charge is 2.36. The molecule has 5 heteroatoms. The van der Waals surface area contributed by atoms with E-state index in [1.165, 1.54) is 6.42 Å². The number of methoxy groups -OCH3 is 1. The molecule has 1 aliphatic carbocycles. The van der Waals surface area contributed by atoms with Crippen molar-refractivity contribution in [1.29, 1.82) is 0 Å². The van der Waals surface area contributed by atoms with E-state index in [1.54, 1.807) is 13.3 Å². The first-order valence-electron chi connectivity index (χ1n) is 6.10. The molecular formula is C12H19BrN2O2. The van der Waals surface area contributed by atoms with E-state index in [2.05, 4.69) is 21.0 Å². The van der Waals surface area contributed by atoms with Gasteiger partial charge >= 0.3 is 0 Å². The summed E-state index contributed by atoms with van der Waals surface area (Å²) >= 11 is 3.50. The molecule has 0 radical (unpaired) electrons. The number of ether oxygens (including phenoxy) is 1. The molecule has 0 saturated heterocycles. The Labute approximate surface area is 110 Å². The summed E-state index contributed by atoms with van der Waals surface area (Å²) in [5, 5.41) is 15.1. The quantitative estimate of drug-likeness (QED) is 0.929. The highest BCUT2D eigenvalue weighted by Crippen LogP contribution is 2.39. The predicted molar refractivity (Wildman–Crippen MR) is 68.8 cm³/mol. The number of rotatable bonds is 4. The topological polar surface area (TPSA) is 47.3 Å². The number of hydrogen-bond donors (Lipinski definition) is 1. The summed E-state index contributed by atoms with van der Waals surface area (Å²) in [6, 6.07) is 0. The van der Waals surface area contributed by atoms with Crippen LogP contribution in [0.2, 0.25) is 0 Å². The molecule has 96 valence electrons. The van der Waals surface area contributed by atoms with Crippen LogP contribution >= 0.6 is 15.9 Å². The number of aromatic nitrogens is 2. The summed E-state index contributed by atoms with van der Waals surface area (Å²) in [6.45, 7) is 1.29. The summed E-state index contributed by atoms with van der Waals surface area (Å²) in [4.78, 5) is 0. The van der Waals surface area contributed by atoms with Crippen LogP contribution in [0.4, 0.5) is 0 Å². The van der Waals surface area contributed by atoms with Crippen LogP contribution in [0, 0.1) is 0 Å². The lowest BCUT2D eigenvalue weighted by Crippen LogP contribution is -2.32. The van der Waals surface area contributed by atoms with Crippen molar-refractivity contribution in [3.8, 4) is 0 Å². The maximum atomic E-state index is 10.8. The lowest BCUT2D eigenvalue weighted by atomic mass is 9.82. The summed E-state index contributed by atoms with van der Waals surface area (Å²) in [5.74, 6) is 0. The molecule has 0 unspecified atom stereocenters. The van der Waals surface area contributed by atoms with E-state index in [1.807, 2.05) is 4.68 Å². The maximum absolute atomic E-state index is 10.8. The monoisotopic (exact) mass is 302 g/mol. The molecule has 1 fully saturated rings. The molecule has 1 aromatic rings. The Morgan fingerprint density at radius 3 is 2.82 bits per heavy atom. The summed E-state index contributed by atoms with van der Waals surface area (Å²) < 4.78 is 7.83. The molecule has 2 rings (SSSR count). The van der Waals surface area contributed by atoms with Crippen LogP contribution in [0.1, 0.15) is 37.8 Å². The molecule has 1 aromatic heterocycles. The third-order valence-corrected chi connectivity index (χ3v) is 4.00. The second-order valence-corrected chi connectivity index (χ2v) is 5.50. The van der Waals surface area contributed by atoms with Crippen molar-refractivity contribution in [1.82, 2.24) is 9.78 Å². The molecule has 1 saturated carbocycles. The largest absolute Gasteiger partial charge is 0.384 e. The zero-order valence-electron chi connectivity index (χ0n) is 10.2. The molecule has 1 heterocycles. The zero-order chi connectivity index (χ0) is 12.3. The van der Waals surface area contributed by atoms with Gasteiger partial charge in [0.2, 0.25) is 0 Å². The molecule has 0 spiro atoms. The van der Waals surface area contributed by atoms with Crippen molar-refractivity contribution in [2.24, 2.45) is 0 Å². The van der Waals surface area contributed by atoms with Crippen LogP contribution in [0.5, 0.6) is 0 Å². The van der Waals surface area contributed by atoms with E-state index in [0.29, 0.717) is 13.2 Å². The van der Waals surface area contributed by atoms with E-state index >= 15 is 0 Å². The molecule has 0 bridgehead atoms. The van der Waals surface area contributed by atoms with Gasteiger partial charge in [-0.05, 0) is 28.8 Å². The molecule has 0 atom stereocenters. The van der Waals surface area contributed by atoms with Crippen molar-refractivity contribution in [3.63, 3.8) is 0 Å². The van der Waals surface area contributed by atoms with Crippen LogP contribution in [-0.4, -0.2) is 28.6 Å². The fourth-order valence-corrected chi connectivity index (χ4v) is 3.21. The second kappa shape index (κ2) is 5.50. The first kappa shape index (κ1) is 13.1. The molecule has 0 aliphatic heterocycles. The molecule has 0 amide bonds. The first-order chi connectivity index (χ1) is 8.17. The molecule has 1 N–H and O–H groups in total. The highest BCUT2D eigenvalue weighted by atomic mass is 79.9. The van der Waals surface area contributed by atoms with Gasteiger partial charge in [-0.2, -0.15) is 5.10 Å². The van der Waals surface area contributed by atoms with Gasteiger partial charge in [-0.1, -0.05) is 19.3 Å². The number of aliphatic hydroxyl groups is 1. The van der Waals surface area contributed by atoms with Crippen LogP contribution in [-0.2, 0) is 16.9 Å². The van der Waals surface area contributed by atoms with Crippen LogP contribution in [0.15, 0.2) is 10.7 Å². The Kier molecular flexibility index (Phi) is 4.22. The van der Waals surface area contributed by atoms with Crippen molar-refractivity contribution in [3.05, 3.63) is 16.4 Å². The van der Waals surface area contributed by atoms with Gasteiger partial charge in [-0.25, -0.2) is 0 Å². The minimum absolute atomic E-state index is 0.608. The van der Waals surface area contributed by atoms with Gasteiger partial charge in [0.05, 0.1) is 29.5 Å². The fraction of sp³-hybridized carbons (Fsp3) is 0.750. The number of halogens is 1. The highest BCUT2D eigenvalue weighted by molar-refractivity contribution is 9.10. The Balaban J connectivity index is 2.25. The summed E-state index contributed by atoms with van der Waals surface area (Å²) in [5.41, 5.74) is 0.190. The molecular weight excluding hydrogens is 284 g/mol. The third kappa shape index (κ3) is 2.72. The van der Waals surface area contributed by atoms with Gasteiger partial charge in [0.1, 0.15) is 5.60 Å². The van der Waals surface area contributed by atoms with E-state index < -0.39 is 5.60 Å². The average Bonchev–Trinajstić information content (AvgIpc) is 2.69. The van der Waals surface area contributed by atoms with Gasteiger partial charge in [0, 0.05) is 7.11 Å². The smallest absolute Gasteiger partial charge is 0.107 e. The van der Waals surface area contributed by atoms with Gasteiger partial charge < -0.3 is 9.84 Å². The summed E-state index contributed by atoms with van der Waals surface area (Å²) in [7, 11) is 1.67. The van der Waals surface area contributed by atoms with Crippen LogP contribution < -0.4 is 0 Å². The molecule has 1 aliphatic rings.